The number of thiophene rings is 1. The van der Waals surface area contributed by atoms with Crippen molar-refractivity contribution >= 4 is 17.0 Å². The zero-order chi connectivity index (χ0) is 14.1. The van der Waals surface area contributed by atoms with Crippen molar-refractivity contribution in [1.29, 1.82) is 0 Å². The summed E-state index contributed by atoms with van der Waals surface area (Å²) in [6.07, 6.45) is 8.52. The van der Waals surface area contributed by atoms with Crippen LogP contribution in [0.1, 0.15) is 29.2 Å². The van der Waals surface area contributed by atoms with Crippen LogP contribution in [0.3, 0.4) is 0 Å². The van der Waals surface area contributed by atoms with Gasteiger partial charge in [-0.1, -0.05) is 6.07 Å². The first-order chi connectivity index (χ1) is 10.4. The van der Waals surface area contributed by atoms with Crippen molar-refractivity contribution < 1.29 is 0 Å². The van der Waals surface area contributed by atoms with Gasteiger partial charge < -0.3 is 4.40 Å². The highest BCUT2D eigenvalue weighted by atomic mass is 32.1. The van der Waals surface area contributed by atoms with E-state index in [4.69, 9.17) is 0 Å². The SMILES string of the molecule is c1csc(C2CCN(Cc3ccn4ccnc4c3)CC2)c1. The van der Waals surface area contributed by atoms with E-state index in [1.807, 2.05) is 23.7 Å². The molecule has 1 saturated heterocycles. The largest absolute Gasteiger partial charge is 0.307 e. The van der Waals surface area contributed by atoms with E-state index in [0.717, 1.165) is 18.1 Å². The van der Waals surface area contributed by atoms with Crippen LogP contribution in [0, 0.1) is 0 Å². The first kappa shape index (κ1) is 13.0. The molecule has 0 N–H and O–H groups in total. The molecule has 4 heteroatoms. The quantitative estimate of drug-likeness (QED) is 0.733. The molecule has 0 saturated carbocycles. The van der Waals surface area contributed by atoms with Gasteiger partial charge in [0.2, 0.25) is 0 Å². The van der Waals surface area contributed by atoms with E-state index in [9.17, 15) is 0 Å². The summed E-state index contributed by atoms with van der Waals surface area (Å²) in [5.41, 5.74) is 2.41. The molecule has 0 spiro atoms. The number of pyridine rings is 1. The van der Waals surface area contributed by atoms with Gasteiger partial charge in [0.25, 0.3) is 0 Å². The fourth-order valence-electron chi connectivity index (χ4n) is 3.21. The molecule has 4 rings (SSSR count). The normalized spacial score (nSPS) is 17.5. The molecule has 1 fully saturated rings. The van der Waals surface area contributed by atoms with Crippen LogP contribution in [0.2, 0.25) is 0 Å². The van der Waals surface area contributed by atoms with E-state index < -0.39 is 0 Å². The summed E-state index contributed by atoms with van der Waals surface area (Å²) in [4.78, 5) is 8.50. The molecule has 3 nitrogen and oxygen atoms in total. The summed E-state index contributed by atoms with van der Waals surface area (Å²) >= 11 is 1.91. The summed E-state index contributed by atoms with van der Waals surface area (Å²) in [6.45, 7) is 3.44. The molecular formula is C17H19N3S. The average Bonchev–Trinajstić information content (AvgIpc) is 3.19. The van der Waals surface area contributed by atoms with E-state index in [1.54, 1.807) is 4.88 Å². The molecule has 0 amide bonds. The summed E-state index contributed by atoms with van der Waals surface area (Å²) in [6, 6.07) is 8.87. The average molecular weight is 297 g/mol. The third kappa shape index (κ3) is 2.74. The highest BCUT2D eigenvalue weighted by Crippen LogP contribution is 2.31. The Morgan fingerprint density at radius 3 is 2.90 bits per heavy atom. The highest BCUT2D eigenvalue weighted by Gasteiger charge is 2.21. The second kappa shape index (κ2) is 5.62. The van der Waals surface area contributed by atoms with Gasteiger partial charge in [-0.3, -0.25) is 4.90 Å². The van der Waals surface area contributed by atoms with Crippen LogP contribution in [0.25, 0.3) is 5.65 Å². The van der Waals surface area contributed by atoms with Crippen LogP contribution < -0.4 is 0 Å². The maximum absolute atomic E-state index is 4.36. The van der Waals surface area contributed by atoms with Crippen LogP contribution in [0.5, 0.6) is 0 Å². The third-order valence-corrected chi connectivity index (χ3v) is 5.44. The molecule has 3 aromatic rings. The van der Waals surface area contributed by atoms with Crippen molar-refractivity contribution in [2.45, 2.75) is 25.3 Å². The maximum Gasteiger partial charge on any atom is 0.136 e. The van der Waals surface area contributed by atoms with Gasteiger partial charge in [-0.15, -0.1) is 11.3 Å². The van der Waals surface area contributed by atoms with Crippen molar-refractivity contribution in [3.05, 3.63) is 58.7 Å². The Balaban J connectivity index is 1.40. The van der Waals surface area contributed by atoms with E-state index in [1.165, 1.54) is 31.5 Å². The molecule has 108 valence electrons. The monoisotopic (exact) mass is 297 g/mol. The van der Waals surface area contributed by atoms with Gasteiger partial charge in [0.1, 0.15) is 5.65 Å². The minimum atomic E-state index is 0.774. The number of hydrogen-bond donors (Lipinski definition) is 0. The van der Waals surface area contributed by atoms with Crippen molar-refractivity contribution in [2.75, 3.05) is 13.1 Å². The summed E-state index contributed by atoms with van der Waals surface area (Å²) < 4.78 is 2.06. The number of hydrogen-bond acceptors (Lipinski definition) is 3. The van der Waals surface area contributed by atoms with Gasteiger partial charge in [-0.2, -0.15) is 0 Å². The second-order valence-electron chi connectivity index (χ2n) is 5.79. The number of rotatable bonds is 3. The lowest BCUT2D eigenvalue weighted by molar-refractivity contribution is 0.205. The Hall–Kier alpha value is -1.65. The standard InChI is InChI=1S/C17H19N3S/c1-2-16(21-11-1)15-4-7-19(8-5-15)13-14-3-9-20-10-6-18-17(20)12-14/h1-3,6,9-12,15H,4-5,7-8,13H2. The van der Waals surface area contributed by atoms with Crippen LogP contribution in [0.4, 0.5) is 0 Å². The van der Waals surface area contributed by atoms with Gasteiger partial charge in [-0.25, -0.2) is 4.98 Å². The van der Waals surface area contributed by atoms with E-state index >= 15 is 0 Å². The van der Waals surface area contributed by atoms with Gasteiger partial charge in [0.05, 0.1) is 0 Å². The van der Waals surface area contributed by atoms with E-state index in [2.05, 4.69) is 50.1 Å². The van der Waals surface area contributed by atoms with Gasteiger partial charge in [-0.05, 0) is 61.0 Å². The van der Waals surface area contributed by atoms with E-state index in [-0.39, 0.29) is 0 Å². The number of likely N-dealkylation sites (tertiary alicyclic amines) is 1. The molecule has 0 bridgehead atoms. The van der Waals surface area contributed by atoms with Crippen molar-refractivity contribution in [1.82, 2.24) is 14.3 Å². The van der Waals surface area contributed by atoms with E-state index in [0.29, 0.717) is 0 Å². The van der Waals surface area contributed by atoms with Gasteiger partial charge >= 0.3 is 0 Å². The molecule has 1 aliphatic heterocycles. The summed E-state index contributed by atoms with van der Waals surface area (Å²) in [7, 11) is 0. The van der Waals surface area contributed by atoms with Crippen molar-refractivity contribution in [3.63, 3.8) is 0 Å². The lowest BCUT2D eigenvalue weighted by atomic mass is 9.95. The Morgan fingerprint density at radius 2 is 2.10 bits per heavy atom. The number of imidazole rings is 1. The number of piperidine rings is 1. The molecule has 21 heavy (non-hydrogen) atoms. The predicted molar refractivity (Wildman–Crippen MR) is 86.8 cm³/mol. The fraction of sp³-hybridized carbons (Fsp3) is 0.353. The second-order valence-corrected chi connectivity index (χ2v) is 6.77. The Morgan fingerprint density at radius 1 is 1.19 bits per heavy atom. The molecule has 4 heterocycles. The molecule has 0 radical (unpaired) electrons. The van der Waals surface area contributed by atoms with Gasteiger partial charge in [0.15, 0.2) is 0 Å². The predicted octanol–water partition coefficient (Wildman–Crippen LogP) is 3.78. The highest BCUT2D eigenvalue weighted by molar-refractivity contribution is 7.10. The number of nitrogens with zero attached hydrogens (tertiary/aromatic N) is 3. The first-order valence-electron chi connectivity index (χ1n) is 7.56. The molecule has 0 aromatic carbocycles. The van der Waals surface area contributed by atoms with Gasteiger partial charge in [0, 0.05) is 30.0 Å². The lowest BCUT2D eigenvalue weighted by Gasteiger charge is -2.31. The number of aromatic nitrogens is 2. The zero-order valence-electron chi connectivity index (χ0n) is 12.0. The maximum atomic E-state index is 4.36. The fourth-order valence-corrected chi connectivity index (χ4v) is 4.11. The molecule has 3 aromatic heterocycles. The molecule has 1 aliphatic rings. The van der Waals surface area contributed by atoms with Crippen LogP contribution in [-0.4, -0.2) is 27.4 Å². The Bertz CT molecular complexity index is 709. The van der Waals surface area contributed by atoms with Crippen molar-refractivity contribution in [3.8, 4) is 0 Å². The van der Waals surface area contributed by atoms with Crippen molar-refractivity contribution in [2.24, 2.45) is 0 Å². The summed E-state index contributed by atoms with van der Waals surface area (Å²) in [5.74, 6) is 0.774. The van der Waals surface area contributed by atoms with Crippen LogP contribution in [-0.2, 0) is 6.54 Å². The minimum Gasteiger partial charge on any atom is -0.307 e. The molecule has 0 atom stereocenters. The minimum absolute atomic E-state index is 0.774. The van der Waals surface area contributed by atoms with Crippen LogP contribution in [0.15, 0.2) is 48.2 Å². The van der Waals surface area contributed by atoms with Crippen LogP contribution >= 0.6 is 11.3 Å². The Labute approximate surface area is 128 Å². The zero-order valence-corrected chi connectivity index (χ0v) is 12.8. The first-order valence-corrected chi connectivity index (χ1v) is 8.44. The smallest absolute Gasteiger partial charge is 0.136 e. The molecule has 0 aliphatic carbocycles. The molecular weight excluding hydrogens is 278 g/mol. The summed E-state index contributed by atoms with van der Waals surface area (Å²) in [5, 5.41) is 2.20. The molecule has 0 unspecified atom stereocenters. The Kier molecular flexibility index (Phi) is 3.49. The topological polar surface area (TPSA) is 20.5 Å². The lowest BCUT2D eigenvalue weighted by Crippen LogP contribution is -2.32. The third-order valence-electron chi connectivity index (χ3n) is 4.40. The number of fused-ring (bicyclic) bond motifs is 1.